The van der Waals surface area contributed by atoms with E-state index in [0.29, 0.717) is 0 Å². The van der Waals surface area contributed by atoms with E-state index in [1.165, 1.54) is 60.1 Å². The van der Waals surface area contributed by atoms with Crippen molar-refractivity contribution < 1.29 is 0 Å². The number of benzene rings is 1. The minimum Gasteiger partial charge on any atom is -0.347 e. The Bertz CT molecular complexity index is 631. The normalized spacial score (nSPS) is 17.0. The van der Waals surface area contributed by atoms with Crippen molar-refractivity contribution in [2.45, 2.75) is 40.0 Å². The van der Waals surface area contributed by atoms with Crippen LogP contribution in [0.15, 0.2) is 12.1 Å². The van der Waals surface area contributed by atoms with E-state index in [2.05, 4.69) is 49.8 Å². The van der Waals surface area contributed by atoms with Crippen LogP contribution in [-0.4, -0.2) is 17.7 Å². The maximum Gasteiger partial charge on any atom is 0.0515 e. The van der Waals surface area contributed by atoms with Crippen molar-refractivity contribution >= 4 is 10.9 Å². The molecule has 2 heterocycles. The van der Waals surface area contributed by atoms with E-state index in [1.807, 2.05) is 0 Å². The van der Waals surface area contributed by atoms with Crippen molar-refractivity contribution in [1.82, 2.24) is 9.88 Å². The van der Waals surface area contributed by atoms with Crippen LogP contribution in [0, 0.1) is 26.7 Å². The third-order valence-corrected chi connectivity index (χ3v) is 5.12. The highest BCUT2D eigenvalue weighted by molar-refractivity contribution is 5.91. The number of rotatable bonds is 2. The molecule has 0 aliphatic carbocycles. The molecule has 2 nitrogen and oxygen atoms in total. The number of piperidine rings is 1. The largest absolute Gasteiger partial charge is 0.347 e. The molecule has 1 aliphatic heterocycles. The Morgan fingerprint density at radius 2 is 1.75 bits per heavy atom. The van der Waals surface area contributed by atoms with E-state index >= 15 is 0 Å². The molecule has 1 fully saturated rings. The smallest absolute Gasteiger partial charge is 0.0515 e. The fraction of sp³-hybridized carbons (Fsp3) is 0.556. The average Bonchev–Trinajstić information content (AvgIpc) is 2.70. The summed E-state index contributed by atoms with van der Waals surface area (Å²) in [6.45, 7) is 9.15. The van der Waals surface area contributed by atoms with Gasteiger partial charge in [-0.1, -0.05) is 12.1 Å². The summed E-state index contributed by atoms with van der Waals surface area (Å²) in [4.78, 5) is 0. The lowest BCUT2D eigenvalue weighted by Gasteiger charge is -2.23. The highest BCUT2D eigenvalue weighted by Crippen LogP contribution is 2.33. The summed E-state index contributed by atoms with van der Waals surface area (Å²) >= 11 is 0. The summed E-state index contributed by atoms with van der Waals surface area (Å²) in [7, 11) is 2.22. The molecule has 0 spiro atoms. The van der Waals surface area contributed by atoms with Crippen LogP contribution in [0.4, 0.5) is 0 Å². The molecule has 20 heavy (non-hydrogen) atoms. The molecule has 0 atom stereocenters. The number of fused-ring (bicyclic) bond motifs is 1. The minimum atomic E-state index is 0.848. The number of nitrogens with one attached hydrogen (secondary N) is 1. The second-order valence-electron chi connectivity index (χ2n) is 6.44. The zero-order valence-electron chi connectivity index (χ0n) is 13.2. The summed E-state index contributed by atoms with van der Waals surface area (Å²) in [5.41, 5.74) is 7.31. The molecular weight excluding hydrogens is 244 g/mol. The van der Waals surface area contributed by atoms with E-state index in [-0.39, 0.29) is 0 Å². The molecule has 2 aromatic rings. The van der Waals surface area contributed by atoms with Gasteiger partial charge < -0.3 is 9.88 Å². The Balaban J connectivity index is 2.10. The van der Waals surface area contributed by atoms with Crippen molar-refractivity contribution in [3.63, 3.8) is 0 Å². The average molecular weight is 270 g/mol. The van der Waals surface area contributed by atoms with Gasteiger partial charge in [-0.3, -0.25) is 0 Å². The Hall–Kier alpha value is -1.28. The Morgan fingerprint density at radius 3 is 2.45 bits per heavy atom. The lowest BCUT2D eigenvalue weighted by molar-refractivity contribution is 0.373. The molecule has 1 aliphatic rings. The van der Waals surface area contributed by atoms with Gasteiger partial charge in [0.1, 0.15) is 0 Å². The molecule has 0 amide bonds. The van der Waals surface area contributed by atoms with E-state index in [9.17, 15) is 0 Å². The monoisotopic (exact) mass is 270 g/mol. The van der Waals surface area contributed by atoms with Crippen molar-refractivity contribution in [2.24, 2.45) is 13.0 Å². The minimum absolute atomic E-state index is 0.848. The first-order valence-corrected chi connectivity index (χ1v) is 7.84. The molecule has 1 N–H and O–H groups in total. The van der Waals surface area contributed by atoms with Crippen LogP contribution >= 0.6 is 0 Å². The van der Waals surface area contributed by atoms with Crippen LogP contribution < -0.4 is 5.32 Å². The topological polar surface area (TPSA) is 17.0 Å². The number of nitrogens with zero attached hydrogens (tertiary/aromatic N) is 1. The van der Waals surface area contributed by atoms with Gasteiger partial charge in [-0.05, 0) is 75.7 Å². The first-order valence-electron chi connectivity index (χ1n) is 7.84. The van der Waals surface area contributed by atoms with Gasteiger partial charge in [0.25, 0.3) is 0 Å². The molecule has 2 heteroatoms. The third-order valence-electron chi connectivity index (χ3n) is 5.12. The third kappa shape index (κ3) is 2.16. The molecule has 1 aromatic carbocycles. The Morgan fingerprint density at radius 1 is 1.10 bits per heavy atom. The van der Waals surface area contributed by atoms with Gasteiger partial charge in [0.05, 0.1) is 5.52 Å². The van der Waals surface area contributed by atoms with Gasteiger partial charge >= 0.3 is 0 Å². The van der Waals surface area contributed by atoms with Crippen molar-refractivity contribution in [2.75, 3.05) is 13.1 Å². The predicted molar refractivity (Wildman–Crippen MR) is 86.4 cm³/mol. The second kappa shape index (κ2) is 5.25. The van der Waals surface area contributed by atoms with Crippen molar-refractivity contribution in [3.8, 4) is 0 Å². The Kier molecular flexibility index (Phi) is 3.59. The second-order valence-corrected chi connectivity index (χ2v) is 6.44. The number of aromatic nitrogens is 1. The molecule has 0 bridgehead atoms. The maximum absolute atomic E-state index is 3.47. The van der Waals surface area contributed by atoms with Crippen LogP contribution in [0.1, 0.15) is 35.2 Å². The van der Waals surface area contributed by atoms with E-state index < -0.39 is 0 Å². The fourth-order valence-corrected chi connectivity index (χ4v) is 3.78. The van der Waals surface area contributed by atoms with E-state index in [1.54, 1.807) is 5.56 Å². The van der Waals surface area contributed by atoms with Gasteiger partial charge in [0, 0.05) is 18.1 Å². The van der Waals surface area contributed by atoms with Crippen LogP contribution in [0.5, 0.6) is 0 Å². The highest BCUT2D eigenvalue weighted by Gasteiger charge is 2.20. The summed E-state index contributed by atoms with van der Waals surface area (Å²) < 4.78 is 2.40. The molecule has 1 aromatic heterocycles. The molecule has 0 saturated carbocycles. The standard InChI is InChI=1S/C18H26N2/c1-12-5-6-13(2)18-17(12)16(14(3)20(18)4)11-15-7-9-19-10-8-15/h5-6,15,19H,7-11H2,1-4H3. The fourth-order valence-electron chi connectivity index (χ4n) is 3.78. The summed E-state index contributed by atoms with van der Waals surface area (Å²) in [5.74, 6) is 0.848. The lowest BCUT2D eigenvalue weighted by Crippen LogP contribution is -2.28. The van der Waals surface area contributed by atoms with Crippen molar-refractivity contribution in [3.05, 3.63) is 34.5 Å². The number of hydrogen-bond acceptors (Lipinski definition) is 1. The molecule has 108 valence electrons. The Labute approximate surface area is 122 Å². The first kappa shape index (κ1) is 13.7. The molecule has 0 unspecified atom stereocenters. The van der Waals surface area contributed by atoms with E-state index in [0.717, 1.165) is 5.92 Å². The molecule has 0 radical (unpaired) electrons. The predicted octanol–water partition coefficient (Wildman–Crippen LogP) is 3.65. The maximum atomic E-state index is 3.47. The van der Waals surface area contributed by atoms with Crippen LogP contribution in [0.3, 0.4) is 0 Å². The summed E-state index contributed by atoms with van der Waals surface area (Å²) in [6, 6.07) is 4.54. The number of aryl methyl sites for hydroxylation is 3. The highest BCUT2D eigenvalue weighted by atomic mass is 14.9. The lowest BCUT2D eigenvalue weighted by atomic mass is 9.89. The zero-order valence-corrected chi connectivity index (χ0v) is 13.2. The van der Waals surface area contributed by atoms with Crippen LogP contribution in [-0.2, 0) is 13.5 Å². The van der Waals surface area contributed by atoms with Crippen LogP contribution in [0.2, 0.25) is 0 Å². The van der Waals surface area contributed by atoms with Gasteiger partial charge in [0.15, 0.2) is 0 Å². The van der Waals surface area contributed by atoms with E-state index in [4.69, 9.17) is 0 Å². The summed E-state index contributed by atoms with van der Waals surface area (Å²) in [6.07, 6.45) is 3.89. The van der Waals surface area contributed by atoms with Gasteiger partial charge in [-0.25, -0.2) is 0 Å². The number of hydrogen-bond donors (Lipinski definition) is 1. The van der Waals surface area contributed by atoms with Crippen molar-refractivity contribution in [1.29, 1.82) is 0 Å². The summed E-state index contributed by atoms with van der Waals surface area (Å²) in [5, 5.41) is 4.99. The molecule has 1 saturated heterocycles. The SMILES string of the molecule is Cc1ccc(C)c2c1c(CC1CCNCC1)c(C)n2C. The molecular formula is C18H26N2. The van der Waals surface area contributed by atoms with Gasteiger partial charge in [0.2, 0.25) is 0 Å². The molecule has 3 rings (SSSR count). The quantitative estimate of drug-likeness (QED) is 0.881. The first-order chi connectivity index (χ1) is 9.59. The zero-order chi connectivity index (χ0) is 14.3. The van der Waals surface area contributed by atoms with Crippen LogP contribution in [0.25, 0.3) is 10.9 Å². The van der Waals surface area contributed by atoms with Gasteiger partial charge in [-0.15, -0.1) is 0 Å². The van der Waals surface area contributed by atoms with Gasteiger partial charge in [-0.2, -0.15) is 0 Å².